The summed E-state index contributed by atoms with van der Waals surface area (Å²) in [6.07, 6.45) is 1.34. The van der Waals surface area contributed by atoms with E-state index in [1.807, 2.05) is 18.2 Å². The molecule has 0 unspecified atom stereocenters. The maximum atomic E-state index is 13.8. The highest BCUT2D eigenvalue weighted by molar-refractivity contribution is 6.39. The highest BCUT2D eigenvalue weighted by Crippen LogP contribution is 2.32. The second-order valence-electron chi connectivity index (χ2n) is 8.35. The Kier molecular flexibility index (Phi) is 6.36. The summed E-state index contributed by atoms with van der Waals surface area (Å²) in [6.45, 7) is 0.0561. The van der Waals surface area contributed by atoms with Gasteiger partial charge in [0.05, 0.1) is 10.6 Å². The molecule has 5 rings (SSSR count). The number of carbonyl (C=O) groups is 3. The van der Waals surface area contributed by atoms with Crippen LogP contribution >= 0.6 is 0 Å². The summed E-state index contributed by atoms with van der Waals surface area (Å²) >= 11 is 0. The van der Waals surface area contributed by atoms with E-state index in [-0.39, 0.29) is 23.6 Å². The maximum Gasteiger partial charge on any atom is 0.335 e. The molecule has 188 valence electrons. The van der Waals surface area contributed by atoms with E-state index < -0.39 is 28.6 Å². The Bertz CT molecular complexity index is 1650. The van der Waals surface area contributed by atoms with E-state index >= 15 is 0 Å². The minimum absolute atomic E-state index is 0.0292. The lowest BCUT2D eigenvalue weighted by molar-refractivity contribution is -0.384. The number of non-ortho nitro benzene ring substituents is 1. The highest BCUT2D eigenvalue weighted by atomic mass is 19.1. The average molecular weight is 511 g/mol. The second-order valence-corrected chi connectivity index (χ2v) is 8.35. The average Bonchev–Trinajstić information content (AvgIpc) is 2.90. The van der Waals surface area contributed by atoms with Gasteiger partial charge in [-0.3, -0.25) is 25.0 Å². The number of nitro groups is 1. The SMILES string of the molecule is O=C1NC(=O)N(c2cccc(F)c2)C(=O)/C1=C/c1c(OCc2ccc([N+](=O)[O-])cc2)ccc2ccccc12. The van der Waals surface area contributed by atoms with E-state index in [1.165, 1.54) is 36.4 Å². The van der Waals surface area contributed by atoms with Gasteiger partial charge in [0.1, 0.15) is 23.7 Å². The van der Waals surface area contributed by atoms with Gasteiger partial charge in [0.2, 0.25) is 0 Å². The van der Waals surface area contributed by atoms with Gasteiger partial charge in [-0.2, -0.15) is 0 Å². The summed E-state index contributed by atoms with van der Waals surface area (Å²) < 4.78 is 19.8. The molecule has 1 saturated heterocycles. The minimum atomic E-state index is -0.990. The van der Waals surface area contributed by atoms with Crippen LogP contribution in [0.2, 0.25) is 0 Å². The summed E-state index contributed by atoms with van der Waals surface area (Å²) in [5.74, 6) is -2.13. The van der Waals surface area contributed by atoms with Crippen molar-refractivity contribution in [3.8, 4) is 5.75 Å². The quantitative estimate of drug-likeness (QED) is 0.166. The van der Waals surface area contributed by atoms with Gasteiger partial charge in [0.25, 0.3) is 17.5 Å². The lowest BCUT2D eigenvalue weighted by Gasteiger charge is -2.26. The van der Waals surface area contributed by atoms with Crippen LogP contribution in [0.15, 0.2) is 90.5 Å². The molecule has 0 saturated carbocycles. The number of hydrogen-bond acceptors (Lipinski definition) is 6. The molecule has 4 aromatic carbocycles. The van der Waals surface area contributed by atoms with Crippen LogP contribution in [-0.2, 0) is 16.2 Å². The van der Waals surface area contributed by atoms with Crippen LogP contribution in [0, 0.1) is 15.9 Å². The molecule has 0 aliphatic carbocycles. The first-order chi connectivity index (χ1) is 18.3. The number of nitro benzene ring substituents is 1. The van der Waals surface area contributed by atoms with Gasteiger partial charge < -0.3 is 4.74 Å². The number of barbiturate groups is 1. The third kappa shape index (κ3) is 4.70. The van der Waals surface area contributed by atoms with Crippen LogP contribution in [-0.4, -0.2) is 22.8 Å². The van der Waals surface area contributed by atoms with Crippen molar-refractivity contribution in [1.82, 2.24) is 5.32 Å². The van der Waals surface area contributed by atoms with E-state index in [0.29, 0.717) is 27.2 Å². The summed E-state index contributed by atoms with van der Waals surface area (Å²) in [7, 11) is 0. The molecular weight excluding hydrogens is 493 g/mol. The Morgan fingerprint density at radius 1 is 0.947 bits per heavy atom. The standard InChI is InChI=1S/C28H18FN3O6/c29-19-5-3-6-21(14-19)31-27(34)24(26(33)30-28(31)35)15-23-22-7-2-1-4-18(22)10-13-25(23)38-16-17-8-11-20(12-9-17)32(36)37/h1-15H,16H2,(H,30,33,35)/b24-15+. The summed E-state index contributed by atoms with van der Waals surface area (Å²) in [4.78, 5) is 49.7. The number of urea groups is 1. The molecule has 0 radical (unpaired) electrons. The molecule has 4 amide bonds. The third-order valence-corrected chi connectivity index (χ3v) is 5.93. The molecule has 0 bridgehead atoms. The number of benzene rings is 4. The predicted molar refractivity (Wildman–Crippen MR) is 137 cm³/mol. The fourth-order valence-corrected chi connectivity index (χ4v) is 4.08. The highest BCUT2D eigenvalue weighted by Gasteiger charge is 2.37. The largest absolute Gasteiger partial charge is 0.488 e. The lowest BCUT2D eigenvalue weighted by Crippen LogP contribution is -2.54. The molecular formula is C28H18FN3O6. The number of nitrogens with one attached hydrogen (secondary N) is 1. The molecule has 9 nitrogen and oxygen atoms in total. The summed E-state index contributed by atoms with van der Waals surface area (Å²) in [5.41, 5.74) is 0.654. The van der Waals surface area contributed by atoms with Crippen molar-refractivity contribution < 1.29 is 28.4 Å². The van der Waals surface area contributed by atoms with Crippen molar-refractivity contribution >= 4 is 46.1 Å². The molecule has 1 heterocycles. The normalized spacial score (nSPS) is 14.6. The van der Waals surface area contributed by atoms with Crippen molar-refractivity contribution in [3.63, 3.8) is 0 Å². The van der Waals surface area contributed by atoms with Gasteiger partial charge in [-0.1, -0.05) is 36.4 Å². The zero-order valence-corrected chi connectivity index (χ0v) is 19.6. The Morgan fingerprint density at radius 3 is 2.45 bits per heavy atom. The van der Waals surface area contributed by atoms with Crippen molar-refractivity contribution in [3.05, 3.63) is 118 Å². The maximum absolute atomic E-state index is 13.8. The lowest BCUT2D eigenvalue weighted by atomic mass is 9.99. The molecule has 1 aliphatic heterocycles. The number of anilines is 1. The number of nitrogens with zero attached hydrogens (tertiary/aromatic N) is 2. The molecule has 1 fully saturated rings. The van der Waals surface area contributed by atoms with Gasteiger partial charge in [-0.05, 0) is 58.8 Å². The smallest absolute Gasteiger partial charge is 0.335 e. The van der Waals surface area contributed by atoms with Crippen LogP contribution in [0.3, 0.4) is 0 Å². The van der Waals surface area contributed by atoms with E-state index in [1.54, 1.807) is 30.3 Å². The van der Waals surface area contributed by atoms with Gasteiger partial charge in [-0.25, -0.2) is 14.1 Å². The van der Waals surface area contributed by atoms with Crippen LogP contribution in [0.5, 0.6) is 5.75 Å². The van der Waals surface area contributed by atoms with Crippen LogP contribution in [0.4, 0.5) is 20.6 Å². The third-order valence-electron chi connectivity index (χ3n) is 5.93. The predicted octanol–water partition coefficient (Wildman–Crippen LogP) is 5.13. The minimum Gasteiger partial charge on any atom is -0.488 e. The molecule has 4 aromatic rings. The zero-order chi connectivity index (χ0) is 26.8. The van der Waals surface area contributed by atoms with E-state index in [4.69, 9.17) is 4.74 Å². The Morgan fingerprint density at radius 2 is 1.71 bits per heavy atom. The first-order valence-corrected chi connectivity index (χ1v) is 11.4. The number of amides is 4. The number of halogens is 1. The van der Waals surface area contributed by atoms with Crippen molar-refractivity contribution in [2.24, 2.45) is 0 Å². The Labute approximate surface area is 214 Å². The molecule has 10 heteroatoms. The topological polar surface area (TPSA) is 119 Å². The number of fused-ring (bicyclic) bond motifs is 1. The monoisotopic (exact) mass is 511 g/mol. The summed E-state index contributed by atoms with van der Waals surface area (Å²) in [5, 5.41) is 14.5. The van der Waals surface area contributed by atoms with E-state index in [2.05, 4.69) is 5.32 Å². The Balaban J connectivity index is 1.55. The van der Waals surface area contributed by atoms with Gasteiger partial charge >= 0.3 is 6.03 Å². The van der Waals surface area contributed by atoms with E-state index in [0.717, 1.165) is 11.5 Å². The van der Waals surface area contributed by atoms with Crippen LogP contribution in [0.25, 0.3) is 16.8 Å². The number of imide groups is 2. The van der Waals surface area contributed by atoms with E-state index in [9.17, 15) is 28.9 Å². The van der Waals surface area contributed by atoms with Crippen LogP contribution in [0.1, 0.15) is 11.1 Å². The first-order valence-electron chi connectivity index (χ1n) is 11.4. The molecule has 1 aliphatic rings. The van der Waals surface area contributed by atoms with Gasteiger partial charge in [0, 0.05) is 17.7 Å². The van der Waals surface area contributed by atoms with Crippen molar-refractivity contribution in [2.45, 2.75) is 6.61 Å². The summed E-state index contributed by atoms with van der Waals surface area (Å²) in [6, 6.07) is 20.5. The van der Waals surface area contributed by atoms with Crippen LogP contribution < -0.4 is 15.0 Å². The fourth-order valence-electron chi connectivity index (χ4n) is 4.08. The van der Waals surface area contributed by atoms with Gasteiger partial charge in [-0.15, -0.1) is 0 Å². The molecule has 0 aromatic heterocycles. The number of ether oxygens (including phenoxy) is 1. The zero-order valence-electron chi connectivity index (χ0n) is 19.6. The first kappa shape index (κ1) is 24.3. The van der Waals surface area contributed by atoms with Gasteiger partial charge in [0.15, 0.2) is 0 Å². The molecule has 0 atom stereocenters. The fraction of sp³-hybridized carbons (Fsp3) is 0.0357. The van der Waals surface area contributed by atoms with Crippen molar-refractivity contribution in [2.75, 3.05) is 4.90 Å². The number of rotatable bonds is 6. The molecule has 1 N–H and O–H groups in total. The Hall–Kier alpha value is -5.38. The second kappa shape index (κ2) is 9.94. The molecule has 0 spiro atoms. The molecule has 38 heavy (non-hydrogen) atoms. The number of hydrogen-bond donors (Lipinski definition) is 1. The number of carbonyl (C=O) groups excluding carboxylic acids is 3. The van der Waals surface area contributed by atoms with Crippen molar-refractivity contribution in [1.29, 1.82) is 0 Å².